The number of urea groups is 1. The molecule has 4 rings (SSSR count). The number of rotatable bonds is 4. The largest absolute Gasteiger partial charge is 0.466 e. The average molecular weight is 423 g/mol. The van der Waals surface area contributed by atoms with Gasteiger partial charge in [0, 0.05) is 24.0 Å². The normalized spacial score (nSPS) is 17.3. The third-order valence-electron chi connectivity index (χ3n) is 5.27. The number of methoxy groups -OCH3 is 1. The molecule has 2 aliphatic rings. The van der Waals surface area contributed by atoms with Crippen molar-refractivity contribution in [2.75, 3.05) is 26.3 Å². The molecule has 2 aromatic carbocycles. The molecular formula is C22H21N3O6. The van der Waals surface area contributed by atoms with Gasteiger partial charge in [-0.15, -0.1) is 0 Å². The summed E-state index contributed by atoms with van der Waals surface area (Å²) in [6.45, 7) is 1.81. The molecule has 9 heteroatoms. The molecule has 0 fully saturated rings. The highest BCUT2D eigenvalue weighted by Gasteiger charge is 2.34. The number of nitrogens with zero attached hydrogens (tertiary/aromatic N) is 1. The fourth-order valence-corrected chi connectivity index (χ4v) is 3.50. The second-order valence-corrected chi connectivity index (χ2v) is 7.08. The number of hydrogen-bond donors (Lipinski definition) is 2. The molecule has 0 saturated heterocycles. The van der Waals surface area contributed by atoms with Crippen LogP contribution in [0.4, 0.5) is 10.5 Å². The zero-order valence-electron chi connectivity index (χ0n) is 17.2. The molecule has 0 spiro atoms. The van der Waals surface area contributed by atoms with E-state index in [1.807, 2.05) is 0 Å². The van der Waals surface area contributed by atoms with Gasteiger partial charge < -0.3 is 29.7 Å². The molecule has 0 radical (unpaired) electrons. The third-order valence-corrected chi connectivity index (χ3v) is 5.27. The van der Waals surface area contributed by atoms with Crippen LogP contribution in [0.5, 0.6) is 11.5 Å². The Morgan fingerprint density at radius 1 is 1.16 bits per heavy atom. The fourth-order valence-electron chi connectivity index (χ4n) is 3.50. The number of nitrogens with one attached hydrogen (secondary N) is 2. The Kier molecular flexibility index (Phi) is 5.24. The molecule has 2 aliphatic heterocycles. The van der Waals surface area contributed by atoms with E-state index in [1.54, 1.807) is 56.4 Å². The first kappa shape index (κ1) is 20.3. The summed E-state index contributed by atoms with van der Waals surface area (Å²) < 4.78 is 15.5. The van der Waals surface area contributed by atoms with E-state index < -0.39 is 12.0 Å². The van der Waals surface area contributed by atoms with Gasteiger partial charge >= 0.3 is 12.0 Å². The number of esters is 1. The second kappa shape index (κ2) is 8.02. The standard InChI is InChI=1S/C22H21N3O6/c1-12-18(21(27)29-3)19(24-22(28)25(12)2)13-5-4-6-15(9-13)23-20(26)14-7-8-16-17(10-14)31-11-30-16/h4-10,19H,11H2,1-3H3,(H,23,26)(H,24,28). The Morgan fingerprint density at radius 3 is 2.71 bits per heavy atom. The molecule has 31 heavy (non-hydrogen) atoms. The van der Waals surface area contributed by atoms with Crippen molar-refractivity contribution in [3.05, 3.63) is 64.9 Å². The first-order chi connectivity index (χ1) is 14.9. The van der Waals surface area contributed by atoms with Crippen molar-refractivity contribution in [2.45, 2.75) is 13.0 Å². The molecule has 160 valence electrons. The van der Waals surface area contributed by atoms with E-state index in [2.05, 4.69) is 10.6 Å². The molecule has 0 bridgehead atoms. The Morgan fingerprint density at radius 2 is 1.94 bits per heavy atom. The number of benzene rings is 2. The van der Waals surface area contributed by atoms with Crippen molar-refractivity contribution < 1.29 is 28.6 Å². The Labute approximate surface area is 178 Å². The van der Waals surface area contributed by atoms with Gasteiger partial charge in [0.05, 0.1) is 18.7 Å². The number of carbonyl (C=O) groups is 3. The molecule has 0 saturated carbocycles. The van der Waals surface area contributed by atoms with Gasteiger partial charge in [0.2, 0.25) is 6.79 Å². The summed E-state index contributed by atoms with van der Waals surface area (Å²) in [6, 6.07) is 10.8. The van der Waals surface area contributed by atoms with Gasteiger partial charge in [-0.05, 0) is 42.8 Å². The van der Waals surface area contributed by atoms with Gasteiger partial charge in [0.25, 0.3) is 5.91 Å². The van der Waals surface area contributed by atoms with Gasteiger partial charge in [0.15, 0.2) is 11.5 Å². The minimum Gasteiger partial charge on any atom is -0.466 e. The zero-order valence-corrected chi connectivity index (χ0v) is 17.2. The van der Waals surface area contributed by atoms with Crippen LogP contribution in [-0.2, 0) is 9.53 Å². The lowest BCUT2D eigenvalue weighted by Gasteiger charge is -2.33. The number of amides is 3. The lowest BCUT2D eigenvalue weighted by atomic mass is 9.94. The quantitative estimate of drug-likeness (QED) is 0.733. The highest BCUT2D eigenvalue weighted by atomic mass is 16.7. The molecule has 2 N–H and O–H groups in total. The summed E-state index contributed by atoms with van der Waals surface area (Å²) in [6.07, 6.45) is 0. The van der Waals surface area contributed by atoms with Crippen molar-refractivity contribution in [3.63, 3.8) is 0 Å². The number of carbonyl (C=O) groups excluding carboxylic acids is 3. The molecule has 9 nitrogen and oxygen atoms in total. The minimum atomic E-state index is -0.710. The average Bonchev–Trinajstić information content (AvgIpc) is 3.25. The van der Waals surface area contributed by atoms with E-state index in [0.717, 1.165) is 0 Å². The molecule has 1 unspecified atom stereocenters. The summed E-state index contributed by atoms with van der Waals surface area (Å²) in [5, 5.41) is 5.63. The van der Waals surface area contributed by atoms with E-state index in [9.17, 15) is 14.4 Å². The van der Waals surface area contributed by atoms with Crippen molar-refractivity contribution in [2.24, 2.45) is 0 Å². The number of ether oxygens (including phenoxy) is 3. The topological polar surface area (TPSA) is 106 Å². The SMILES string of the molecule is COC(=O)C1=C(C)N(C)C(=O)NC1c1cccc(NC(=O)c2ccc3c(c2)OCO3)c1. The van der Waals surface area contributed by atoms with E-state index in [1.165, 1.54) is 12.0 Å². The van der Waals surface area contributed by atoms with Crippen molar-refractivity contribution in [1.82, 2.24) is 10.2 Å². The Bertz CT molecular complexity index is 1110. The number of hydrogen-bond acceptors (Lipinski definition) is 6. The minimum absolute atomic E-state index is 0.125. The number of allylic oxidation sites excluding steroid dienone is 1. The Balaban J connectivity index is 1.61. The summed E-state index contributed by atoms with van der Waals surface area (Å²) in [5.74, 6) is 0.236. The molecule has 2 heterocycles. The number of anilines is 1. The first-order valence-electron chi connectivity index (χ1n) is 9.53. The van der Waals surface area contributed by atoms with E-state index in [0.29, 0.717) is 39.6 Å². The van der Waals surface area contributed by atoms with Crippen LogP contribution in [0.15, 0.2) is 53.7 Å². The van der Waals surface area contributed by atoms with Crippen LogP contribution in [0.1, 0.15) is 28.9 Å². The Hall–Kier alpha value is -4.01. The second-order valence-electron chi connectivity index (χ2n) is 7.08. The highest BCUT2D eigenvalue weighted by molar-refractivity contribution is 6.04. The summed E-state index contributed by atoms with van der Waals surface area (Å²) in [4.78, 5) is 38.8. The lowest BCUT2D eigenvalue weighted by molar-refractivity contribution is -0.136. The van der Waals surface area contributed by atoms with Crippen LogP contribution in [0.2, 0.25) is 0 Å². The highest BCUT2D eigenvalue weighted by Crippen LogP contribution is 2.34. The van der Waals surface area contributed by atoms with Crippen LogP contribution in [0.25, 0.3) is 0 Å². The summed E-state index contributed by atoms with van der Waals surface area (Å²) >= 11 is 0. The number of fused-ring (bicyclic) bond motifs is 1. The van der Waals surface area contributed by atoms with Crippen LogP contribution in [0.3, 0.4) is 0 Å². The molecule has 1 atom stereocenters. The van der Waals surface area contributed by atoms with E-state index in [4.69, 9.17) is 14.2 Å². The molecule has 3 amide bonds. The third kappa shape index (κ3) is 3.77. The van der Waals surface area contributed by atoms with Gasteiger partial charge in [-0.25, -0.2) is 9.59 Å². The molecule has 2 aromatic rings. The van der Waals surface area contributed by atoms with Crippen LogP contribution in [-0.4, -0.2) is 43.8 Å². The van der Waals surface area contributed by atoms with Crippen molar-refractivity contribution in [3.8, 4) is 11.5 Å². The fraction of sp³-hybridized carbons (Fsp3) is 0.227. The van der Waals surface area contributed by atoms with Gasteiger partial charge in [-0.3, -0.25) is 4.79 Å². The predicted molar refractivity (Wildman–Crippen MR) is 111 cm³/mol. The maximum absolute atomic E-state index is 12.7. The molecular weight excluding hydrogens is 402 g/mol. The predicted octanol–water partition coefficient (Wildman–Crippen LogP) is 2.81. The van der Waals surface area contributed by atoms with Crippen LogP contribution in [0, 0.1) is 0 Å². The van der Waals surface area contributed by atoms with E-state index in [-0.39, 0.29) is 18.7 Å². The smallest absolute Gasteiger partial charge is 0.337 e. The zero-order chi connectivity index (χ0) is 22.1. The van der Waals surface area contributed by atoms with E-state index >= 15 is 0 Å². The molecule has 0 aromatic heterocycles. The first-order valence-corrected chi connectivity index (χ1v) is 9.53. The lowest BCUT2D eigenvalue weighted by Crippen LogP contribution is -2.46. The van der Waals surface area contributed by atoms with Gasteiger partial charge in [0.1, 0.15) is 0 Å². The maximum Gasteiger partial charge on any atom is 0.337 e. The van der Waals surface area contributed by atoms with Crippen LogP contribution < -0.4 is 20.1 Å². The molecule has 0 aliphatic carbocycles. The maximum atomic E-state index is 12.7. The van der Waals surface area contributed by atoms with Crippen molar-refractivity contribution >= 4 is 23.6 Å². The summed E-state index contributed by atoms with van der Waals surface area (Å²) in [7, 11) is 2.87. The summed E-state index contributed by atoms with van der Waals surface area (Å²) in [5.41, 5.74) is 2.37. The van der Waals surface area contributed by atoms with Crippen molar-refractivity contribution in [1.29, 1.82) is 0 Å². The van der Waals surface area contributed by atoms with Crippen LogP contribution >= 0.6 is 0 Å². The van der Waals surface area contributed by atoms with Gasteiger partial charge in [-0.2, -0.15) is 0 Å². The van der Waals surface area contributed by atoms with Gasteiger partial charge in [-0.1, -0.05) is 12.1 Å². The monoisotopic (exact) mass is 423 g/mol.